The van der Waals surface area contributed by atoms with Gasteiger partial charge in [0.15, 0.2) is 0 Å². The first-order chi connectivity index (χ1) is 31.4. The minimum absolute atomic E-state index is 1.01. The Morgan fingerprint density at radius 3 is 0.734 bits per heavy atom. The normalized spacial score (nSPS) is 11.5. The number of para-hydroxylation sites is 1. The molecule has 0 aromatic heterocycles. The van der Waals surface area contributed by atoms with Gasteiger partial charge in [0.2, 0.25) is 0 Å². The summed E-state index contributed by atoms with van der Waals surface area (Å²) < 4.78 is 12.1. The lowest BCUT2D eigenvalue weighted by atomic mass is 10.1. The summed E-state index contributed by atoms with van der Waals surface area (Å²) in [6.07, 6.45) is 30.7. The molecule has 4 nitrogen and oxygen atoms in total. The van der Waals surface area contributed by atoms with Crippen molar-refractivity contribution in [1.29, 1.82) is 0 Å². The van der Waals surface area contributed by atoms with Crippen molar-refractivity contribution in [1.82, 2.24) is 0 Å². The van der Waals surface area contributed by atoms with Crippen LogP contribution in [0.4, 0.5) is 22.7 Å². The van der Waals surface area contributed by atoms with Crippen LogP contribution in [0.3, 0.4) is 0 Å². The molecule has 5 heteroatoms. The summed E-state index contributed by atoms with van der Waals surface area (Å²) in [7, 11) is -2.78. The van der Waals surface area contributed by atoms with Crippen LogP contribution < -0.4 is 18.7 Å². The van der Waals surface area contributed by atoms with Gasteiger partial charge in [-0.25, -0.2) is 0 Å². The van der Waals surface area contributed by atoms with Crippen LogP contribution in [-0.2, 0) is 0 Å². The second-order valence-electron chi connectivity index (χ2n) is 18.9. The largest absolute Gasteiger partial charge is 0.405 e. The quantitative estimate of drug-likeness (QED) is 0.0333. The minimum Gasteiger partial charge on any atom is -0.190 e. The van der Waals surface area contributed by atoms with E-state index in [-0.39, 0.29) is 0 Å². The Kier molecular flexibility index (Phi) is 26.1. The first kappa shape index (κ1) is 53.1. The van der Waals surface area contributed by atoms with Gasteiger partial charge >= 0.3 is 7.87 Å². The lowest BCUT2D eigenvalue weighted by Gasteiger charge is -2.53. The van der Waals surface area contributed by atoms with E-state index in [2.05, 4.69) is 170 Å². The molecular formula is C59H94N4P+. The Morgan fingerprint density at radius 2 is 0.484 bits per heavy atom. The van der Waals surface area contributed by atoms with Crippen LogP contribution in [0.15, 0.2) is 103 Å². The number of rotatable bonds is 36. The van der Waals surface area contributed by atoms with Crippen molar-refractivity contribution < 1.29 is 0 Å². The van der Waals surface area contributed by atoms with Crippen LogP contribution in [0.1, 0.15) is 198 Å². The standard InChI is InChI=1S/C59H94N4P/c1-8-12-16-20-24-31-49-60(56-35-29-28-30-36-56)64(61(50-32-25-21-17-13-9-2)57-43-37-53(5)38-44-57,62(51-33-26-22-18-14-10-3)58-45-39-54(6)40-46-58)63(52-34-27-23-19-15-11-4)59-47-41-55(7)42-48-59/h28-30,35-48H,8-27,31-34,49-52H2,1-7H3/q+1. The van der Waals surface area contributed by atoms with Crippen molar-refractivity contribution in [2.45, 2.75) is 203 Å². The number of hydrogen-bond acceptors (Lipinski definition) is 4. The maximum absolute atomic E-state index is 3.02. The number of unbranched alkanes of at least 4 members (excludes halogenated alkanes) is 20. The van der Waals surface area contributed by atoms with Gasteiger partial charge in [0.25, 0.3) is 0 Å². The van der Waals surface area contributed by atoms with Crippen LogP contribution in [0.5, 0.6) is 0 Å². The van der Waals surface area contributed by atoms with Crippen molar-refractivity contribution in [3.63, 3.8) is 0 Å². The van der Waals surface area contributed by atoms with E-state index in [0.29, 0.717) is 0 Å². The summed E-state index contributed by atoms with van der Waals surface area (Å²) in [5.74, 6) is 0. The number of hydrogen-bond donors (Lipinski definition) is 0. The number of benzene rings is 4. The van der Waals surface area contributed by atoms with E-state index in [1.165, 1.54) is 194 Å². The van der Waals surface area contributed by atoms with E-state index in [1.807, 2.05) is 0 Å². The van der Waals surface area contributed by atoms with Crippen LogP contribution in [-0.4, -0.2) is 26.2 Å². The fraction of sp³-hybridized carbons (Fsp3) is 0.593. The van der Waals surface area contributed by atoms with E-state index in [1.54, 1.807) is 0 Å². The zero-order valence-corrected chi connectivity index (χ0v) is 43.2. The molecule has 0 spiro atoms. The molecule has 4 aromatic carbocycles. The van der Waals surface area contributed by atoms with Gasteiger partial charge < -0.3 is 0 Å². The van der Waals surface area contributed by atoms with Crippen molar-refractivity contribution in [3.8, 4) is 0 Å². The van der Waals surface area contributed by atoms with Crippen LogP contribution in [0.25, 0.3) is 0 Å². The van der Waals surface area contributed by atoms with Gasteiger partial charge in [-0.15, -0.1) is 0 Å². The molecule has 64 heavy (non-hydrogen) atoms. The molecule has 0 aliphatic carbocycles. The number of nitrogens with zero attached hydrogens (tertiary/aromatic N) is 4. The van der Waals surface area contributed by atoms with Crippen LogP contribution >= 0.6 is 7.87 Å². The minimum atomic E-state index is -2.78. The molecule has 0 saturated heterocycles. The van der Waals surface area contributed by atoms with Gasteiger partial charge in [0, 0.05) is 0 Å². The van der Waals surface area contributed by atoms with Gasteiger partial charge in [-0.05, 0) is 95.0 Å². The fourth-order valence-corrected chi connectivity index (χ4v) is 14.3. The predicted molar refractivity (Wildman–Crippen MR) is 290 cm³/mol. The van der Waals surface area contributed by atoms with Crippen molar-refractivity contribution in [2.75, 3.05) is 44.9 Å². The predicted octanol–water partition coefficient (Wildman–Crippen LogP) is 19.1. The first-order valence-corrected chi connectivity index (χ1v) is 28.3. The number of anilines is 4. The lowest BCUT2D eigenvalue weighted by Crippen LogP contribution is -2.55. The van der Waals surface area contributed by atoms with E-state index in [9.17, 15) is 0 Å². The van der Waals surface area contributed by atoms with E-state index < -0.39 is 7.87 Å². The smallest absolute Gasteiger partial charge is 0.190 e. The molecule has 0 heterocycles. The van der Waals surface area contributed by atoms with Gasteiger partial charge in [-0.1, -0.05) is 227 Å². The van der Waals surface area contributed by atoms with Crippen molar-refractivity contribution in [2.24, 2.45) is 0 Å². The molecule has 0 radical (unpaired) electrons. The third kappa shape index (κ3) is 17.1. The molecule has 0 saturated carbocycles. The molecule has 0 unspecified atom stereocenters. The highest BCUT2D eigenvalue weighted by Gasteiger charge is 2.63. The van der Waals surface area contributed by atoms with Crippen molar-refractivity contribution >= 4 is 30.6 Å². The van der Waals surface area contributed by atoms with E-state index in [0.717, 1.165) is 26.2 Å². The maximum Gasteiger partial charge on any atom is 0.405 e. The zero-order chi connectivity index (χ0) is 45.7. The molecular weight excluding hydrogens is 796 g/mol. The lowest BCUT2D eigenvalue weighted by molar-refractivity contribution is 0.600. The molecule has 4 aromatic rings. The van der Waals surface area contributed by atoms with Crippen molar-refractivity contribution in [3.05, 3.63) is 120 Å². The summed E-state index contributed by atoms with van der Waals surface area (Å²) in [4.78, 5) is 0. The fourth-order valence-electron chi connectivity index (χ4n) is 9.37. The second-order valence-corrected chi connectivity index (χ2v) is 21.9. The third-order valence-electron chi connectivity index (χ3n) is 13.2. The molecule has 0 aliphatic rings. The highest BCUT2D eigenvalue weighted by Crippen LogP contribution is 2.74. The molecule has 0 fully saturated rings. The van der Waals surface area contributed by atoms with Gasteiger partial charge in [-0.3, -0.25) is 0 Å². The Labute approximate surface area is 396 Å². The van der Waals surface area contributed by atoms with Crippen LogP contribution in [0, 0.1) is 20.8 Å². The Bertz CT molecular complexity index is 1570. The Balaban J connectivity index is 2.13. The monoisotopic (exact) mass is 890 g/mol. The zero-order valence-electron chi connectivity index (χ0n) is 42.4. The molecule has 0 bridgehead atoms. The Hall–Kier alpha value is -3.49. The topological polar surface area (TPSA) is 13.0 Å². The molecule has 354 valence electrons. The van der Waals surface area contributed by atoms with E-state index in [4.69, 9.17) is 0 Å². The van der Waals surface area contributed by atoms with Gasteiger partial charge in [0.05, 0.1) is 48.9 Å². The highest BCUT2D eigenvalue weighted by atomic mass is 31.2. The number of aryl methyl sites for hydroxylation is 3. The molecule has 0 N–H and O–H groups in total. The first-order valence-electron chi connectivity index (χ1n) is 26.7. The highest BCUT2D eigenvalue weighted by molar-refractivity contribution is 7.81. The second kappa shape index (κ2) is 31.4. The summed E-state index contributed by atoms with van der Waals surface area (Å²) in [5.41, 5.74) is 9.39. The summed E-state index contributed by atoms with van der Waals surface area (Å²) in [5, 5.41) is 0. The summed E-state index contributed by atoms with van der Waals surface area (Å²) in [6.45, 7) is 20.2. The van der Waals surface area contributed by atoms with Gasteiger partial charge in [-0.2, -0.15) is 18.7 Å². The molecule has 0 amide bonds. The molecule has 4 rings (SSSR count). The summed E-state index contributed by atoms with van der Waals surface area (Å²) >= 11 is 0. The summed E-state index contributed by atoms with van der Waals surface area (Å²) in [6, 6.07) is 40.9. The maximum atomic E-state index is 3.02. The molecule has 0 aliphatic heterocycles. The average molecular weight is 890 g/mol. The van der Waals surface area contributed by atoms with E-state index >= 15 is 0 Å². The van der Waals surface area contributed by atoms with Crippen LogP contribution in [0.2, 0.25) is 0 Å². The SMILES string of the molecule is CCCCCCCCN(c1ccccc1)[P+](N(CCCCCCCC)c1ccc(C)cc1)(N(CCCCCCCC)c1ccc(C)cc1)N(CCCCCCCC)c1ccc(C)cc1. The van der Waals surface area contributed by atoms with Gasteiger partial charge in [0.1, 0.15) is 0 Å². The molecule has 0 atom stereocenters. The Morgan fingerprint density at radius 1 is 0.266 bits per heavy atom. The third-order valence-corrected chi connectivity index (χ3v) is 17.6. The average Bonchev–Trinajstić information content (AvgIpc) is 3.31.